The summed E-state index contributed by atoms with van der Waals surface area (Å²) in [6.07, 6.45) is -1.08. The van der Waals surface area contributed by atoms with Crippen LogP contribution in [0.3, 0.4) is 0 Å². The minimum atomic E-state index is -1.08. The van der Waals surface area contributed by atoms with Crippen molar-refractivity contribution in [2.45, 2.75) is 12.0 Å². The molecule has 0 saturated heterocycles. The van der Waals surface area contributed by atoms with Gasteiger partial charge < -0.3 is 33.4 Å². The van der Waals surface area contributed by atoms with Gasteiger partial charge in [0.2, 0.25) is 12.5 Å². The molecule has 6 rings (SSSR count). The van der Waals surface area contributed by atoms with Crippen LogP contribution in [0.5, 0.6) is 28.7 Å². The van der Waals surface area contributed by atoms with Crippen LogP contribution in [0.25, 0.3) is 11.0 Å². The van der Waals surface area contributed by atoms with E-state index >= 15 is 0 Å². The van der Waals surface area contributed by atoms with Gasteiger partial charge in [-0.15, -0.1) is 0 Å². The molecule has 1 amide bonds. The van der Waals surface area contributed by atoms with Gasteiger partial charge in [-0.3, -0.25) is 4.79 Å². The average Bonchev–Trinajstić information content (AvgIpc) is 3.54. The second kappa shape index (κ2) is 8.53. The fraction of sp³-hybridized carbons (Fsp3) is 0.185. The first-order valence-corrected chi connectivity index (χ1v) is 11.2. The number of anilines is 1. The number of para-hydroxylation sites is 1. The molecule has 2 aliphatic heterocycles. The maximum Gasteiger partial charge on any atom is 0.344 e. The third-order valence-corrected chi connectivity index (χ3v) is 6.29. The average molecular weight is 487 g/mol. The number of hydrogen-bond acceptors (Lipinski definition) is 8. The minimum Gasteiger partial charge on any atom is -0.497 e. The Hall–Kier alpha value is -4.66. The van der Waals surface area contributed by atoms with Gasteiger partial charge >= 0.3 is 5.63 Å². The number of methoxy groups -OCH3 is 2. The number of carbonyl (C=O) groups excluding carboxylic acids is 1. The molecule has 2 atom stereocenters. The van der Waals surface area contributed by atoms with E-state index in [1.165, 1.54) is 7.11 Å². The van der Waals surface area contributed by atoms with E-state index in [4.69, 9.17) is 28.1 Å². The molecular formula is C27H21NO8. The zero-order valence-corrected chi connectivity index (χ0v) is 19.4. The highest BCUT2D eigenvalue weighted by Crippen LogP contribution is 2.49. The van der Waals surface area contributed by atoms with Crippen molar-refractivity contribution in [2.75, 3.05) is 26.3 Å². The quantitative estimate of drug-likeness (QED) is 0.420. The molecule has 0 radical (unpaired) electrons. The lowest BCUT2D eigenvalue weighted by Gasteiger charge is -2.20. The minimum absolute atomic E-state index is 0.0411. The summed E-state index contributed by atoms with van der Waals surface area (Å²) in [7, 11) is 3.06. The summed E-state index contributed by atoms with van der Waals surface area (Å²) in [5, 5.41) is 3.48. The first kappa shape index (κ1) is 21.8. The van der Waals surface area contributed by atoms with Crippen molar-refractivity contribution < 1.29 is 32.9 Å². The topological polar surface area (TPSA) is 105 Å². The molecule has 1 N–H and O–H groups in total. The molecular weight excluding hydrogens is 466 g/mol. The van der Waals surface area contributed by atoms with Crippen LogP contribution in [-0.4, -0.2) is 33.0 Å². The van der Waals surface area contributed by atoms with E-state index in [0.29, 0.717) is 51.0 Å². The second-order valence-electron chi connectivity index (χ2n) is 8.32. The monoisotopic (exact) mass is 487 g/mol. The molecule has 0 fully saturated rings. The van der Waals surface area contributed by atoms with Gasteiger partial charge in [-0.2, -0.15) is 0 Å². The van der Waals surface area contributed by atoms with E-state index in [1.54, 1.807) is 61.7 Å². The number of nitrogens with one attached hydrogen (secondary N) is 1. The predicted octanol–water partition coefficient (Wildman–Crippen LogP) is 4.07. The van der Waals surface area contributed by atoms with Gasteiger partial charge in [0.05, 0.1) is 31.1 Å². The van der Waals surface area contributed by atoms with Gasteiger partial charge in [0, 0.05) is 11.8 Å². The van der Waals surface area contributed by atoms with Crippen LogP contribution in [0.1, 0.15) is 17.0 Å². The van der Waals surface area contributed by atoms with Crippen LogP contribution in [0.4, 0.5) is 5.69 Å². The third-order valence-electron chi connectivity index (χ3n) is 6.29. The molecule has 1 aromatic heterocycles. The number of rotatable bonds is 5. The van der Waals surface area contributed by atoms with Crippen molar-refractivity contribution in [3.8, 4) is 28.7 Å². The predicted molar refractivity (Wildman–Crippen MR) is 129 cm³/mol. The Kier molecular flexibility index (Phi) is 5.18. The van der Waals surface area contributed by atoms with Gasteiger partial charge in [0.1, 0.15) is 17.1 Å². The summed E-state index contributed by atoms with van der Waals surface area (Å²) in [6.45, 7) is 0.0411. The normalized spacial score (nSPS) is 17.4. The smallest absolute Gasteiger partial charge is 0.344 e. The first-order valence-electron chi connectivity index (χ1n) is 11.2. The molecule has 0 spiro atoms. The SMILES string of the molecule is COc1cccc(NC(=O)[C@@H]2Oc3c(c(=O)oc4ccccc34)[C@H]2c2cc(OC)c3c(c2)OCO3)c1. The van der Waals surface area contributed by atoms with Crippen molar-refractivity contribution in [3.63, 3.8) is 0 Å². The van der Waals surface area contributed by atoms with E-state index in [9.17, 15) is 9.59 Å². The van der Waals surface area contributed by atoms with Gasteiger partial charge in [0.15, 0.2) is 17.6 Å². The van der Waals surface area contributed by atoms with Crippen LogP contribution in [0, 0.1) is 0 Å². The zero-order chi connectivity index (χ0) is 24.8. The van der Waals surface area contributed by atoms with Crippen molar-refractivity contribution in [1.82, 2.24) is 0 Å². The molecule has 9 nitrogen and oxygen atoms in total. The summed E-state index contributed by atoms with van der Waals surface area (Å²) >= 11 is 0. The van der Waals surface area contributed by atoms with Gasteiger partial charge in [0.25, 0.3) is 5.91 Å². The standard InChI is InChI=1S/C27H21NO8/c1-31-16-7-5-6-15(12-16)28-26(29)25-21(14-10-19(32-2)24-20(11-14)33-13-34-24)22-23(36-25)17-8-3-4-9-18(17)35-27(22)30/h3-12,21,25H,13H2,1-2H3,(H,28,29)/t21-,25-/m1/s1. The number of hydrogen-bond donors (Lipinski definition) is 1. The summed E-state index contributed by atoms with van der Waals surface area (Å²) in [5.41, 5.74) is 1.15. The Morgan fingerprint density at radius 2 is 1.83 bits per heavy atom. The Labute approximate surface area is 205 Å². The Morgan fingerprint density at radius 1 is 0.972 bits per heavy atom. The van der Waals surface area contributed by atoms with E-state index < -0.39 is 23.6 Å². The Balaban J connectivity index is 1.50. The van der Waals surface area contributed by atoms with Crippen LogP contribution in [-0.2, 0) is 4.79 Å². The maximum atomic E-state index is 13.6. The van der Waals surface area contributed by atoms with Gasteiger partial charge in [-0.25, -0.2) is 4.79 Å². The molecule has 4 aromatic rings. The Morgan fingerprint density at radius 3 is 2.67 bits per heavy atom. The van der Waals surface area contributed by atoms with E-state index in [-0.39, 0.29) is 12.4 Å². The maximum absolute atomic E-state index is 13.6. The summed E-state index contributed by atoms with van der Waals surface area (Å²) < 4.78 is 33.7. The zero-order valence-electron chi connectivity index (χ0n) is 19.4. The van der Waals surface area contributed by atoms with E-state index in [0.717, 1.165) is 0 Å². The van der Waals surface area contributed by atoms with E-state index in [2.05, 4.69) is 5.32 Å². The number of amides is 1. The molecule has 182 valence electrons. The molecule has 36 heavy (non-hydrogen) atoms. The summed E-state index contributed by atoms with van der Waals surface area (Å²) in [6, 6.07) is 17.5. The highest BCUT2D eigenvalue weighted by molar-refractivity contribution is 5.98. The lowest BCUT2D eigenvalue weighted by molar-refractivity contribution is -0.122. The number of ether oxygens (including phenoxy) is 5. The van der Waals surface area contributed by atoms with Crippen LogP contribution >= 0.6 is 0 Å². The molecule has 0 aliphatic carbocycles. The van der Waals surface area contributed by atoms with Crippen LogP contribution in [0.2, 0.25) is 0 Å². The highest BCUT2D eigenvalue weighted by Gasteiger charge is 2.45. The number of carbonyl (C=O) groups is 1. The molecule has 3 aromatic carbocycles. The third kappa shape index (κ3) is 3.48. The fourth-order valence-corrected chi connectivity index (χ4v) is 4.67. The van der Waals surface area contributed by atoms with Crippen molar-refractivity contribution >= 4 is 22.6 Å². The molecule has 0 unspecified atom stereocenters. The summed E-state index contributed by atoms with van der Waals surface area (Å²) in [5.74, 6) is 1.00. The first-order chi connectivity index (χ1) is 17.6. The molecule has 9 heteroatoms. The van der Waals surface area contributed by atoms with Gasteiger partial charge in [-0.1, -0.05) is 18.2 Å². The van der Waals surface area contributed by atoms with E-state index in [1.807, 2.05) is 6.07 Å². The number of fused-ring (bicyclic) bond motifs is 4. The lowest BCUT2D eigenvalue weighted by Crippen LogP contribution is -2.35. The highest BCUT2D eigenvalue weighted by atomic mass is 16.7. The lowest BCUT2D eigenvalue weighted by atomic mass is 9.87. The van der Waals surface area contributed by atoms with Gasteiger partial charge in [-0.05, 0) is 42.0 Å². The largest absolute Gasteiger partial charge is 0.497 e. The molecule has 2 aliphatic rings. The van der Waals surface area contributed by atoms with Crippen molar-refractivity contribution in [3.05, 3.63) is 82.2 Å². The van der Waals surface area contributed by atoms with Crippen LogP contribution < -0.4 is 34.6 Å². The van der Waals surface area contributed by atoms with Crippen LogP contribution in [0.15, 0.2) is 69.9 Å². The Bertz CT molecular complexity index is 1560. The molecule has 0 saturated carbocycles. The summed E-state index contributed by atoms with van der Waals surface area (Å²) in [4.78, 5) is 26.8. The number of benzene rings is 3. The fourth-order valence-electron chi connectivity index (χ4n) is 4.67. The van der Waals surface area contributed by atoms with Crippen molar-refractivity contribution in [2.24, 2.45) is 0 Å². The second-order valence-corrected chi connectivity index (χ2v) is 8.32. The van der Waals surface area contributed by atoms with Crippen molar-refractivity contribution in [1.29, 1.82) is 0 Å². The molecule has 0 bridgehead atoms. The molecule has 3 heterocycles.